The van der Waals surface area contributed by atoms with Crippen LogP contribution in [-0.2, 0) is 0 Å². The van der Waals surface area contributed by atoms with E-state index in [1.54, 1.807) is 19.3 Å². The number of rotatable bonds is 3. The highest BCUT2D eigenvalue weighted by Gasteiger charge is 2.53. The molecule has 2 nitrogen and oxygen atoms in total. The van der Waals surface area contributed by atoms with Crippen molar-refractivity contribution >= 4 is 0 Å². The molecule has 1 saturated heterocycles. The first-order chi connectivity index (χ1) is 8.92. The first-order valence-electron chi connectivity index (χ1n) is 8.38. The summed E-state index contributed by atoms with van der Waals surface area (Å²) in [6.45, 7) is 2.47. The molecule has 102 valence electrons. The van der Waals surface area contributed by atoms with E-state index in [0.717, 1.165) is 35.8 Å². The summed E-state index contributed by atoms with van der Waals surface area (Å²) in [6, 6.07) is 1.63. The number of nitrogens with one attached hydrogen (secondary N) is 2. The molecule has 2 heteroatoms. The van der Waals surface area contributed by atoms with E-state index in [0.29, 0.717) is 0 Å². The molecule has 3 aliphatic carbocycles. The molecule has 2 bridgehead atoms. The van der Waals surface area contributed by atoms with Crippen molar-refractivity contribution in [2.24, 2.45) is 23.7 Å². The van der Waals surface area contributed by atoms with Gasteiger partial charge in [0.15, 0.2) is 0 Å². The van der Waals surface area contributed by atoms with Gasteiger partial charge in [0.2, 0.25) is 0 Å². The topological polar surface area (TPSA) is 24.1 Å². The molecule has 0 aromatic carbocycles. The van der Waals surface area contributed by atoms with Gasteiger partial charge in [0.05, 0.1) is 0 Å². The monoisotopic (exact) mass is 248 g/mol. The summed E-state index contributed by atoms with van der Waals surface area (Å²) in [5.41, 5.74) is 0. The van der Waals surface area contributed by atoms with Crippen molar-refractivity contribution in [3.8, 4) is 0 Å². The third-order valence-electron chi connectivity index (χ3n) is 6.47. The Morgan fingerprint density at radius 3 is 2.72 bits per heavy atom. The molecule has 1 heterocycles. The summed E-state index contributed by atoms with van der Waals surface area (Å²) in [5.74, 6) is 4.40. The fourth-order valence-electron chi connectivity index (χ4n) is 5.69. The maximum absolute atomic E-state index is 3.93. The van der Waals surface area contributed by atoms with Crippen LogP contribution in [0.2, 0.25) is 0 Å². The van der Waals surface area contributed by atoms with Crippen LogP contribution in [0.3, 0.4) is 0 Å². The smallest absolute Gasteiger partial charge is 0.0192 e. The largest absolute Gasteiger partial charge is 0.313 e. The molecule has 1 aliphatic heterocycles. The summed E-state index contributed by atoms with van der Waals surface area (Å²) in [5, 5.41) is 7.60. The molecule has 3 saturated carbocycles. The van der Waals surface area contributed by atoms with Crippen LogP contribution in [0.1, 0.15) is 51.4 Å². The van der Waals surface area contributed by atoms with Gasteiger partial charge in [-0.3, -0.25) is 0 Å². The molecule has 6 atom stereocenters. The van der Waals surface area contributed by atoms with Crippen molar-refractivity contribution in [3.05, 3.63) is 0 Å². The van der Waals surface area contributed by atoms with Gasteiger partial charge in [-0.25, -0.2) is 0 Å². The lowest BCUT2D eigenvalue weighted by Crippen LogP contribution is -2.47. The Hall–Kier alpha value is -0.0800. The lowest BCUT2D eigenvalue weighted by molar-refractivity contribution is 0.203. The summed E-state index contributed by atoms with van der Waals surface area (Å²) in [7, 11) is 0. The minimum Gasteiger partial charge on any atom is -0.313 e. The Labute approximate surface area is 111 Å². The van der Waals surface area contributed by atoms with Crippen LogP contribution in [0.25, 0.3) is 0 Å². The molecule has 0 aromatic heterocycles. The van der Waals surface area contributed by atoms with Crippen LogP contribution < -0.4 is 10.6 Å². The van der Waals surface area contributed by atoms with Gasteiger partial charge in [0.1, 0.15) is 0 Å². The SMILES string of the molecule is C1CCC(CNC2CC3CC2C2CCCC32)NC1. The molecular weight excluding hydrogens is 220 g/mol. The molecule has 2 N–H and O–H groups in total. The molecule has 0 radical (unpaired) electrons. The molecular formula is C16H28N2. The van der Waals surface area contributed by atoms with Crippen molar-refractivity contribution in [3.63, 3.8) is 0 Å². The second-order valence-electron chi connectivity index (χ2n) is 7.32. The van der Waals surface area contributed by atoms with Crippen LogP contribution >= 0.6 is 0 Å². The second-order valence-corrected chi connectivity index (χ2v) is 7.32. The van der Waals surface area contributed by atoms with E-state index in [2.05, 4.69) is 10.6 Å². The van der Waals surface area contributed by atoms with Crippen LogP contribution in [-0.4, -0.2) is 25.2 Å². The van der Waals surface area contributed by atoms with Crippen molar-refractivity contribution in [2.75, 3.05) is 13.1 Å². The zero-order chi connectivity index (χ0) is 11.9. The Kier molecular flexibility index (Phi) is 3.12. The standard InChI is InChI=1S/C16H28N2/c1-2-7-17-12(4-1)10-18-16-9-11-8-15(16)14-6-3-5-13(11)14/h11-18H,1-10H2. The van der Waals surface area contributed by atoms with E-state index >= 15 is 0 Å². The number of piperidine rings is 1. The van der Waals surface area contributed by atoms with Gasteiger partial charge in [0.25, 0.3) is 0 Å². The highest BCUT2D eigenvalue weighted by Crippen LogP contribution is 2.58. The van der Waals surface area contributed by atoms with Crippen molar-refractivity contribution in [2.45, 2.75) is 63.5 Å². The van der Waals surface area contributed by atoms with E-state index in [1.807, 2.05) is 0 Å². The molecule has 0 amide bonds. The van der Waals surface area contributed by atoms with E-state index < -0.39 is 0 Å². The lowest BCUT2D eigenvalue weighted by Gasteiger charge is -2.34. The van der Waals surface area contributed by atoms with E-state index in [1.165, 1.54) is 45.2 Å². The lowest BCUT2D eigenvalue weighted by atomic mass is 9.79. The first kappa shape index (κ1) is 11.7. The Balaban J connectivity index is 1.31. The molecule has 4 fully saturated rings. The Morgan fingerprint density at radius 1 is 0.889 bits per heavy atom. The number of hydrogen-bond acceptors (Lipinski definition) is 2. The minimum atomic E-state index is 0.761. The maximum Gasteiger partial charge on any atom is 0.0192 e. The molecule has 6 unspecified atom stereocenters. The van der Waals surface area contributed by atoms with Crippen molar-refractivity contribution < 1.29 is 0 Å². The van der Waals surface area contributed by atoms with Gasteiger partial charge in [-0.2, -0.15) is 0 Å². The summed E-state index contributed by atoms with van der Waals surface area (Å²) in [6.07, 6.45) is 11.9. The highest BCUT2D eigenvalue weighted by atomic mass is 15.0. The zero-order valence-corrected chi connectivity index (χ0v) is 11.5. The van der Waals surface area contributed by atoms with E-state index in [4.69, 9.17) is 0 Å². The average Bonchev–Trinajstić information content (AvgIpc) is 3.09. The fraction of sp³-hybridized carbons (Fsp3) is 1.00. The van der Waals surface area contributed by atoms with E-state index in [-0.39, 0.29) is 0 Å². The van der Waals surface area contributed by atoms with Crippen LogP contribution in [0.15, 0.2) is 0 Å². The summed E-state index contributed by atoms with van der Waals surface area (Å²) in [4.78, 5) is 0. The van der Waals surface area contributed by atoms with Crippen LogP contribution in [0.4, 0.5) is 0 Å². The van der Waals surface area contributed by atoms with Gasteiger partial charge in [-0.1, -0.05) is 12.8 Å². The molecule has 0 spiro atoms. The van der Waals surface area contributed by atoms with Gasteiger partial charge in [0, 0.05) is 18.6 Å². The van der Waals surface area contributed by atoms with Crippen LogP contribution in [0.5, 0.6) is 0 Å². The quantitative estimate of drug-likeness (QED) is 0.802. The maximum atomic E-state index is 3.93. The number of fused-ring (bicyclic) bond motifs is 5. The van der Waals surface area contributed by atoms with Crippen LogP contribution in [0, 0.1) is 23.7 Å². The normalized spacial score (nSPS) is 50.7. The Morgan fingerprint density at radius 2 is 1.83 bits per heavy atom. The Bertz CT molecular complexity index is 297. The molecule has 18 heavy (non-hydrogen) atoms. The zero-order valence-electron chi connectivity index (χ0n) is 11.5. The predicted octanol–water partition coefficient (Wildman–Crippen LogP) is 2.54. The predicted molar refractivity (Wildman–Crippen MR) is 74.5 cm³/mol. The minimum absolute atomic E-state index is 0.761. The van der Waals surface area contributed by atoms with Crippen molar-refractivity contribution in [1.82, 2.24) is 10.6 Å². The van der Waals surface area contributed by atoms with Gasteiger partial charge < -0.3 is 10.6 Å². The summed E-state index contributed by atoms with van der Waals surface area (Å²) < 4.78 is 0. The number of hydrogen-bond donors (Lipinski definition) is 2. The average molecular weight is 248 g/mol. The molecule has 4 rings (SSSR count). The first-order valence-corrected chi connectivity index (χ1v) is 8.38. The highest BCUT2D eigenvalue weighted by molar-refractivity contribution is 5.05. The summed E-state index contributed by atoms with van der Waals surface area (Å²) >= 11 is 0. The molecule has 4 aliphatic rings. The third-order valence-corrected chi connectivity index (χ3v) is 6.47. The third kappa shape index (κ3) is 1.92. The van der Waals surface area contributed by atoms with Gasteiger partial charge in [-0.15, -0.1) is 0 Å². The fourth-order valence-corrected chi connectivity index (χ4v) is 5.69. The van der Waals surface area contributed by atoms with Crippen molar-refractivity contribution in [1.29, 1.82) is 0 Å². The van der Waals surface area contributed by atoms with E-state index in [9.17, 15) is 0 Å². The molecule has 0 aromatic rings. The van der Waals surface area contributed by atoms with Gasteiger partial charge in [-0.05, 0) is 68.7 Å². The van der Waals surface area contributed by atoms with Gasteiger partial charge >= 0.3 is 0 Å². The second kappa shape index (κ2) is 4.79.